The Labute approximate surface area is 204 Å². The number of fused-ring (bicyclic) bond motifs is 1. The Morgan fingerprint density at radius 3 is 2.68 bits per heavy atom. The molecule has 3 aromatic heterocycles. The molecule has 6 rings (SSSR count). The highest BCUT2D eigenvalue weighted by atomic mass is 35.5. The van der Waals surface area contributed by atoms with Gasteiger partial charge in [0.25, 0.3) is 5.91 Å². The largest absolute Gasteiger partial charge is 0.419 e. The van der Waals surface area contributed by atoms with Gasteiger partial charge in [0.2, 0.25) is 11.8 Å². The molecule has 0 saturated heterocycles. The summed E-state index contributed by atoms with van der Waals surface area (Å²) < 4.78 is 7.78. The highest BCUT2D eigenvalue weighted by molar-refractivity contribution is 7.20. The Kier molecular flexibility index (Phi) is 5.19. The van der Waals surface area contributed by atoms with E-state index in [-0.39, 0.29) is 18.5 Å². The van der Waals surface area contributed by atoms with Crippen LogP contribution in [0.2, 0.25) is 5.02 Å². The minimum Gasteiger partial charge on any atom is -0.419 e. The van der Waals surface area contributed by atoms with Gasteiger partial charge in [-0.15, -0.1) is 21.5 Å². The molecule has 0 bridgehead atoms. The second kappa shape index (κ2) is 8.38. The highest BCUT2D eigenvalue weighted by Crippen LogP contribution is 2.35. The van der Waals surface area contributed by atoms with E-state index in [2.05, 4.69) is 15.3 Å². The molecule has 3 heterocycles. The Morgan fingerprint density at radius 2 is 1.91 bits per heavy atom. The average molecular weight is 490 g/mol. The van der Waals surface area contributed by atoms with Crippen molar-refractivity contribution in [2.75, 3.05) is 0 Å². The molecule has 0 spiro atoms. The number of halogens is 1. The van der Waals surface area contributed by atoms with Gasteiger partial charge in [-0.25, -0.2) is 4.68 Å². The van der Waals surface area contributed by atoms with E-state index in [4.69, 9.17) is 16.0 Å². The summed E-state index contributed by atoms with van der Waals surface area (Å²) in [5, 5.41) is 14.5. The number of hydrogen-bond donors (Lipinski definition) is 0. The Balaban J connectivity index is 1.30. The number of para-hydroxylation sites is 1. The van der Waals surface area contributed by atoms with Crippen LogP contribution in [0.5, 0.6) is 0 Å². The zero-order valence-electron chi connectivity index (χ0n) is 18.3. The first-order valence-electron chi connectivity index (χ1n) is 11.0. The Bertz CT molecular complexity index is 1500. The van der Waals surface area contributed by atoms with Gasteiger partial charge in [-0.05, 0) is 50.1 Å². The number of rotatable bonds is 6. The van der Waals surface area contributed by atoms with Crippen molar-refractivity contribution in [2.24, 2.45) is 0 Å². The van der Waals surface area contributed by atoms with Crippen LogP contribution >= 0.6 is 22.9 Å². The van der Waals surface area contributed by atoms with Crippen molar-refractivity contribution in [3.05, 3.63) is 82.1 Å². The van der Waals surface area contributed by atoms with Crippen molar-refractivity contribution in [1.82, 2.24) is 24.9 Å². The van der Waals surface area contributed by atoms with E-state index >= 15 is 0 Å². The van der Waals surface area contributed by atoms with E-state index in [1.807, 2.05) is 71.1 Å². The van der Waals surface area contributed by atoms with Crippen molar-refractivity contribution in [1.29, 1.82) is 0 Å². The number of thiophene rings is 1. The number of benzene rings is 2. The number of carbonyl (C=O) groups excluding carboxylic acids is 1. The average Bonchev–Trinajstić information content (AvgIpc) is 3.29. The van der Waals surface area contributed by atoms with Crippen molar-refractivity contribution in [3.63, 3.8) is 0 Å². The molecule has 7 nitrogen and oxygen atoms in total. The summed E-state index contributed by atoms with van der Waals surface area (Å²) in [6.07, 6.45) is 1.94. The van der Waals surface area contributed by atoms with E-state index in [0.29, 0.717) is 27.2 Å². The van der Waals surface area contributed by atoms with Crippen LogP contribution in [0.15, 0.2) is 65.1 Å². The molecule has 34 heavy (non-hydrogen) atoms. The van der Waals surface area contributed by atoms with Crippen molar-refractivity contribution < 1.29 is 9.21 Å². The Morgan fingerprint density at radius 1 is 1.15 bits per heavy atom. The van der Waals surface area contributed by atoms with Gasteiger partial charge in [0.15, 0.2) is 0 Å². The molecule has 0 radical (unpaired) electrons. The second-order valence-electron chi connectivity index (χ2n) is 8.31. The predicted octanol–water partition coefficient (Wildman–Crippen LogP) is 5.90. The maximum absolute atomic E-state index is 13.6. The molecule has 1 saturated carbocycles. The molecule has 0 atom stereocenters. The minimum absolute atomic E-state index is 0.0276. The van der Waals surface area contributed by atoms with E-state index in [1.54, 1.807) is 6.07 Å². The van der Waals surface area contributed by atoms with E-state index in [9.17, 15) is 4.79 Å². The fraction of sp³-hybridized carbons (Fsp3) is 0.200. The number of hydrogen-bond acceptors (Lipinski definition) is 6. The SMILES string of the molecule is Cc1nn(-c2ccccc2)c2sc(C(=O)N(Cc3nnc(-c4ccccc4Cl)o3)C3CC3)cc12. The fourth-order valence-electron chi connectivity index (χ4n) is 4.00. The standard InChI is InChI=1S/C25H20ClN5O2S/c1-15-19-13-21(34-25(19)31(29-15)17-7-3-2-4-8-17)24(32)30(16-11-12-16)14-22-27-28-23(33-22)18-9-5-6-10-20(18)26/h2-10,13,16H,11-12,14H2,1H3. The third-order valence-corrected chi connectivity index (χ3v) is 7.31. The molecule has 2 aromatic carbocycles. The Hall–Kier alpha value is -3.49. The normalized spacial score (nSPS) is 13.5. The first-order valence-corrected chi connectivity index (χ1v) is 12.2. The minimum atomic E-state index is -0.0276. The van der Waals surface area contributed by atoms with Crippen molar-refractivity contribution >= 4 is 39.1 Å². The zero-order valence-corrected chi connectivity index (χ0v) is 19.9. The van der Waals surface area contributed by atoms with Gasteiger partial charge in [0.1, 0.15) is 4.83 Å². The number of aromatic nitrogens is 4. The van der Waals surface area contributed by atoms with Gasteiger partial charge >= 0.3 is 0 Å². The number of amides is 1. The molecular formula is C25H20ClN5O2S. The molecule has 1 amide bonds. The lowest BCUT2D eigenvalue weighted by atomic mass is 10.2. The number of carbonyl (C=O) groups is 1. The molecule has 1 aliphatic carbocycles. The van der Waals surface area contributed by atoms with Crippen molar-refractivity contribution in [2.45, 2.75) is 32.4 Å². The van der Waals surface area contributed by atoms with Crippen LogP contribution < -0.4 is 0 Å². The predicted molar refractivity (Wildman–Crippen MR) is 131 cm³/mol. The van der Waals surface area contributed by atoms with Crippen LogP contribution in [0.1, 0.15) is 34.1 Å². The summed E-state index contributed by atoms with van der Waals surface area (Å²) in [6, 6.07) is 19.4. The lowest BCUT2D eigenvalue weighted by molar-refractivity contribution is 0.0719. The van der Waals surface area contributed by atoms with E-state index in [0.717, 1.165) is 34.4 Å². The van der Waals surface area contributed by atoms with Crippen LogP contribution in [0.25, 0.3) is 27.4 Å². The molecule has 170 valence electrons. The summed E-state index contributed by atoms with van der Waals surface area (Å²) in [6.45, 7) is 2.23. The maximum atomic E-state index is 13.6. The van der Waals surface area contributed by atoms with E-state index < -0.39 is 0 Å². The van der Waals surface area contributed by atoms with Crippen molar-refractivity contribution in [3.8, 4) is 17.1 Å². The zero-order chi connectivity index (χ0) is 23.2. The van der Waals surface area contributed by atoms with Crippen LogP contribution in [-0.4, -0.2) is 36.8 Å². The quantitative estimate of drug-likeness (QED) is 0.296. The van der Waals surface area contributed by atoms with Gasteiger partial charge in [-0.1, -0.05) is 41.9 Å². The lowest BCUT2D eigenvalue weighted by Gasteiger charge is -2.19. The number of nitrogens with zero attached hydrogens (tertiary/aromatic N) is 5. The molecule has 1 fully saturated rings. The van der Waals surface area contributed by atoms with Gasteiger partial charge in [0.05, 0.1) is 33.4 Å². The summed E-state index contributed by atoms with van der Waals surface area (Å²) in [5.74, 6) is 0.715. The molecular weight excluding hydrogens is 470 g/mol. The van der Waals surface area contributed by atoms with Crippen LogP contribution in [0.3, 0.4) is 0 Å². The third-order valence-electron chi connectivity index (χ3n) is 5.88. The molecule has 0 N–H and O–H groups in total. The molecule has 0 unspecified atom stereocenters. The maximum Gasteiger partial charge on any atom is 0.264 e. The van der Waals surface area contributed by atoms with Gasteiger partial charge in [-0.2, -0.15) is 5.10 Å². The topological polar surface area (TPSA) is 77.1 Å². The van der Waals surface area contributed by atoms with Crippen LogP contribution in [0, 0.1) is 6.92 Å². The number of aryl methyl sites for hydroxylation is 1. The van der Waals surface area contributed by atoms with Gasteiger partial charge in [-0.3, -0.25) is 4.79 Å². The summed E-state index contributed by atoms with van der Waals surface area (Å²) in [4.78, 5) is 17.1. The molecule has 1 aliphatic rings. The van der Waals surface area contributed by atoms with Crippen LogP contribution in [-0.2, 0) is 6.54 Å². The first kappa shape index (κ1) is 21.1. The third kappa shape index (κ3) is 3.78. The smallest absolute Gasteiger partial charge is 0.264 e. The lowest BCUT2D eigenvalue weighted by Crippen LogP contribution is -2.32. The molecule has 5 aromatic rings. The molecule has 0 aliphatic heterocycles. The van der Waals surface area contributed by atoms with E-state index in [1.165, 1.54) is 11.3 Å². The molecule has 9 heteroatoms. The summed E-state index contributed by atoms with van der Waals surface area (Å²) in [5.41, 5.74) is 2.55. The van der Waals surface area contributed by atoms with Crippen LogP contribution in [0.4, 0.5) is 0 Å². The first-order chi connectivity index (χ1) is 16.6. The fourth-order valence-corrected chi connectivity index (χ4v) is 5.35. The van der Waals surface area contributed by atoms with Gasteiger partial charge < -0.3 is 9.32 Å². The summed E-state index contributed by atoms with van der Waals surface area (Å²) >= 11 is 7.73. The van der Waals surface area contributed by atoms with Gasteiger partial charge in [0, 0.05) is 11.4 Å². The monoisotopic (exact) mass is 489 g/mol. The highest BCUT2D eigenvalue weighted by Gasteiger charge is 2.35. The second-order valence-corrected chi connectivity index (χ2v) is 9.75. The summed E-state index contributed by atoms with van der Waals surface area (Å²) in [7, 11) is 0.